The Bertz CT molecular complexity index is 857. The Morgan fingerprint density at radius 1 is 0.892 bits per heavy atom. The molecule has 1 aromatic carbocycles. The third-order valence-electron chi connectivity index (χ3n) is 7.04. The highest BCUT2D eigenvalue weighted by molar-refractivity contribution is 5.93. The lowest BCUT2D eigenvalue weighted by Gasteiger charge is -2.29. The summed E-state index contributed by atoms with van der Waals surface area (Å²) in [6.45, 7) is 15.4. The van der Waals surface area contributed by atoms with Crippen molar-refractivity contribution >= 4 is 11.9 Å². The first-order chi connectivity index (χ1) is 17.4. The molecule has 0 aromatic heterocycles. The standard InChI is InChI=1S/C29H46O8/c1-8-28(6,9-2)17-22(30)18-34-24-13-12-14-25(16-24)35-19-23(31)20-36-27(33)21(5)15-26(32)37-29(7,10-3)11-4/h12-14,16,22-23,30-31H,5,8-11,15,17-20H2,1-4,6-7H3. The largest absolute Gasteiger partial charge is 0.491 e. The molecule has 0 amide bonds. The maximum Gasteiger partial charge on any atom is 0.334 e. The first-order valence-corrected chi connectivity index (χ1v) is 13.2. The maximum absolute atomic E-state index is 12.1. The molecule has 37 heavy (non-hydrogen) atoms. The Balaban J connectivity index is 2.44. The molecule has 2 unspecified atom stereocenters. The van der Waals surface area contributed by atoms with Gasteiger partial charge in [-0.25, -0.2) is 4.79 Å². The molecular formula is C29H46O8. The fourth-order valence-corrected chi connectivity index (χ4v) is 3.48. The molecule has 8 heteroatoms. The molecule has 2 atom stereocenters. The predicted molar refractivity (Wildman–Crippen MR) is 143 cm³/mol. The van der Waals surface area contributed by atoms with E-state index in [2.05, 4.69) is 27.4 Å². The maximum atomic E-state index is 12.1. The van der Waals surface area contributed by atoms with E-state index in [4.69, 9.17) is 18.9 Å². The van der Waals surface area contributed by atoms with Gasteiger partial charge in [0, 0.05) is 11.6 Å². The zero-order chi connectivity index (χ0) is 28.1. The van der Waals surface area contributed by atoms with E-state index in [1.807, 2.05) is 20.8 Å². The molecule has 2 N–H and O–H groups in total. The first-order valence-electron chi connectivity index (χ1n) is 13.2. The fraction of sp³-hybridized carbons (Fsp3) is 0.655. The number of ether oxygens (including phenoxy) is 4. The van der Waals surface area contributed by atoms with Gasteiger partial charge in [-0.1, -0.05) is 60.1 Å². The average molecular weight is 523 g/mol. The van der Waals surface area contributed by atoms with E-state index in [1.54, 1.807) is 24.3 Å². The van der Waals surface area contributed by atoms with E-state index in [0.29, 0.717) is 30.8 Å². The van der Waals surface area contributed by atoms with Gasteiger partial charge in [0.2, 0.25) is 0 Å². The van der Waals surface area contributed by atoms with Crippen molar-refractivity contribution in [2.24, 2.45) is 5.41 Å². The van der Waals surface area contributed by atoms with Crippen LogP contribution in [-0.4, -0.2) is 59.8 Å². The van der Waals surface area contributed by atoms with Crippen LogP contribution in [0.2, 0.25) is 0 Å². The van der Waals surface area contributed by atoms with Crippen LogP contribution in [0.25, 0.3) is 0 Å². The number of aliphatic hydroxyl groups excluding tert-OH is 2. The normalized spacial score (nSPS) is 13.4. The highest BCUT2D eigenvalue weighted by atomic mass is 16.6. The van der Waals surface area contributed by atoms with Crippen LogP contribution >= 0.6 is 0 Å². The summed E-state index contributed by atoms with van der Waals surface area (Å²) in [5.74, 6) is -0.317. The van der Waals surface area contributed by atoms with Crippen LogP contribution in [-0.2, 0) is 19.1 Å². The number of aliphatic hydroxyl groups is 2. The molecule has 0 aliphatic heterocycles. The number of carbonyl (C=O) groups is 2. The lowest BCUT2D eigenvalue weighted by atomic mass is 9.80. The van der Waals surface area contributed by atoms with Crippen LogP contribution < -0.4 is 9.47 Å². The molecule has 1 rings (SSSR count). The van der Waals surface area contributed by atoms with Crippen molar-refractivity contribution in [1.82, 2.24) is 0 Å². The molecule has 0 bridgehead atoms. The van der Waals surface area contributed by atoms with Crippen LogP contribution in [0.4, 0.5) is 0 Å². The van der Waals surface area contributed by atoms with Gasteiger partial charge in [0.05, 0.1) is 12.5 Å². The lowest BCUT2D eigenvalue weighted by Crippen LogP contribution is -2.31. The smallest absolute Gasteiger partial charge is 0.334 e. The van der Waals surface area contributed by atoms with E-state index >= 15 is 0 Å². The summed E-state index contributed by atoms with van der Waals surface area (Å²) >= 11 is 0. The molecule has 0 spiro atoms. The second-order valence-electron chi connectivity index (χ2n) is 10.1. The zero-order valence-corrected chi connectivity index (χ0v) is 23.4. The van der Waals surface area contributed by atoms with Gasteiger partial charge in [0.25, 0.3) is 0 Å². The molecule has 1 aromatic rings. The summed E-state index contributed by atoms with van der Waals surface area (Å²) in [5.41, 5.74) is -0.547. The topological polar surface area (TPSA) is 112 Å². The van der Waals surface area contributed by atoms with Gasteiger partial charge in [-0.2, -0.15) is 0 Å². The third kappa shape index (κ3) is 12.0. The monoisotopic (exact) mass is 522 g/mol. The second-order valence-corrected chi connectivity index (χ2v) is 10.1. The van der Waals surface area contributed by atoms with Gasteiger partial charge >= 0.3 is 11.9 Å². The SMILES string of the molecule is C=C(CC(=O)OC(C)(CC)CC)C(=O)OCC(O)COc1cccc(OCC(O)CC(C)(CC)CC)c1. The van der Waals surface area contributed by atoms with Gasteiger partial charge in [-0.05, 0) is 43.7 Å². The Hall–Kier alpha value is -2.58. The van der Waals surface area contributed by atoms with Crippen molar-refractivity contribution in [1.29, 1.82) is 0 Å². The summed E-state index contributed by atoms with van der Waals surface area (Å²) in [6, 6.07) is 6.88. The fourth-order valence-electron chi connectivity index (χ4n) is 3.48. The summed E-state index contributed by atoms with van der Waals surface area (Å²) in [6.07, 6.45) is 2.01. The quantitative estimate of drug-likeness (QED) is 0.205. The number of hydrogen-bond acceptors (Lipinski definition) is 8. The highest BCUT2D eigenvalue weighted by Crippen LogP contribution is 2.31. The summed E-state index contributed by atoms with van der Waals surface area (Å²) in [4.78, 5) is 24.2. The second kappa shape index (κ2) is 15.6. The highest BCUT2D eigenvalue weighted by Gasteiger charge is 2.26. The molecule has 0 aliphatic carbocycles. The molecule has 210 valence electrons. The molecule has 0 heterocycles. The van der Waals surface area contributed by atoms with Crippen LogP contribution in [0.5, 0.6) is 11.5 Å². The lowest BCUT2D eigenvalue weighted by molar-refractivity contribution is -0.159. The molecule has 0 fully saturated rings. The number of rotatable bonds is 18. The van der Waals surface area contributed by atoms with Gasteiger partial charge in [0.1, 0.15) is 43.0 Å². The van der Waals surface area contributed by atoms with Crippen LogP contribution in [0.3, 0.4) is 0 Å². The van der Waals surface area contributed by atoms with Gasteiger partial charge in [-0.3, -0.25) is 4.79 Å². The Labute approximate surface area is 222 Å². The minimum atomic E-state index is -1.08. The van der Waals surface area contributed by atoms with Crippen molar-refractivity contribution in [3.05, 3.63) is 36.4 Å². The Kier molecular flexibility index (Phi) is 13.7. The number of benzene rings is 1. The van der Waals surface area contributed by atoms with E-state index in [0.717, 1.165) is 12.8 Å². The molecule has 0 radical (unpaired) electrons. The number of esters is 2. The molecule has 0 saturated carbocycles. The van der Waals surface area contributed by atoms with E-state index < -0.39 is 29.7 Å². The molecular weight excluding hydrogens is 476 g/mol. The van der Waals surface area contributed by atoms with E-state index in [9.17, 15) is 19.8 Å². The van der Waals surface area contributed by atoms with Crippen LogP contribution in [0.1, 0.15) is 80.1 Å². The molecule has 0 aliphatic rings. The van der Waals surface area contributed by atoms with Gasteiger partial charge < -0.3 is 29.2 Å². The summed E-state index contributed by atoms with van der Waals surface area (Å²) < 4.78 is 21.8. The van der Waals surface area contributed by atoms with Crippen molar-refractivity contribution in [2.75, 3.05) is 19.8 Å². The minimum absolute atomic E-state index is 0.0436. The Morgan fingerprint density at radius 2 is 1.43 bits per heavy atom. The third-order valence-corrected chi connectivity index (χ3v) is 7.04. The Morgan fingerprint density at radius 3 is 1.95 bits per heavy atom. The number of hydrogen-bond donors (Lipinski definition) is 2. The van der Waals surface area contributed by atoms with Crippen molar-refractivity contribution in [3.8, 4) is 11.5 Å². The number of carbonyl (C=O) groups excluding carboxylic acids is 2. The summed E-state index contributed by atoms with van der Waals surface area (Å²) in [5, 5.41) is 20.5. The van der Waals surface area contributed by atoms with E-state index in [-0.39, 0.29) is 37.2 Å². The van der Waals surface area contributed by atoms with Crippen molar-refractivity contribution < 1.29 is 38.7 Å². The molecule has 8 nitrogen and oxygen atoms in total. The van der Waals surface area contributed by atoms with E-state index in [1.165, 1.54) is 0 Å². The van der Waals surface area contributed by atoms with Crippen LogP contribution in [0, 0.1) is 5.41 Å². The predicted octanol–water partition coefficient (Wildman–Crippen LogP) is 4.99. The van der Waals surface area contributed by atoms with Crippen LogP contribution in [0.15, 0.2) is 36.4 Å². The van der Waals surface area contributed by atoms with Crippen molar-refractivity contribution in [3.63, 3.8) is 0 Å². The van der Waals surface area contributed by atoms with Gasteiger partial charge in [-0.15, -0.1) is 0 Å². The average Bonchev–Trinajstić information content (AvgIpc) is 2.89. The first kappa shape index (κ1) is 32.4. The molecule has 0 saturated heterocycles. The minimum Gasteiger partial charge on any atom is -0.491 e. The van der Waals surface area contributed by atoms with Crippen molar-refractivity contribution in [2.45, 2.75) is 97.9 Å². The summed E-state index contributed by atoms with van der Waals surface area (Å²) in [7, 11) is 0. The van der Waals surface area contributed by atoms with Gasteiger partial charge in [0.15, 0.2) is 0 Å². The zero-order valence-electron chi connectivity index (χ0n) is 23.4.